The number of rotatable bonds is 4. The van der Waals surface area contributed by atoms with E-state index in [2.05, 4.69) is 0 Å². The largest absolute Gasteiger partial charge is 0.482 e. The number of fused-ring (bicyclic) bond motifs is 2. The Morgan fingerprint density at radius 2 is 1.88 bits per heavy atom. The van der Waals surface area contributed by atoms with E-state index in [0.29, 0.717) is 12.0 Å². The number of halogens is 2. The van der Waals surface area contributed by atoms with Gasteiger partial charge in [-0.1, -0.05) is 43.5 Å². The molecular formula is C21H24F2O2. The molecule has 0 atom stereocenters. The van der Waals surface area contributed by atoms with E-state index in [-0.39, 0.29) is 23.3 Å². The van der Waals surface area contributed by atoms with Crippen molar-refractivity contribution in [2.75, 3.05) is 0 Å². The SMILES string of the molecule is CCCCCC1=CC2=C(C(=O)C1(F)F)c1cc(C)ccc1C(C)(C)O2. The lowest BCUT2D eigenvalue weighted by molar-refractivity contribution is -0.133. The molecule has 0 radical (unpaired) electrons. The van der Waals surface area contributed by atoms with Crippen LogP contribution in [0.3, 0.4) is 0 Å². The third-order valence-corrected chi connectivity index (χ3v) is 4.98. The number of allylic oxidation sites excluding steroid dienone is 3. The monoisotopic (exact) mass is 346 g/mol. The highest BCUT2D eigenvalue weighted by atomic mass is 19.3. The van der Waals surface area contributed by atoms with Crippen LogP contribution in [0.5, 0.6) is 0 Å². The third kappa shape index (κ3) is 2.92. The topological polar surface area (TPSA) is 26.3 Å². The van der Waals surface area contributed by atoms with Gasteiger partial charge in [-0.25, -0.2) is 0 Å². The van der Waals surface area contributed by atoms with Crippen LogP contribution in [-0.4, -0.2) is 11.7 Å². The normalized spacial score (nSPS) is 20.6. The number of carbonyl (C=O) groups excluding carboxylic acids is 1. The number of hydrogen-bond acceptors (Lipinski definition) is 2. The highest BCUT2D eigenvalue weighted by molar-refractivity contribution is 6.27. The van der Waals surface area contributed by atoms with Gasteiger partial charge in [0.15, 0.2) is 0 Å². The molecular weight excluding hydrogens is 322 g/mol. The van der Waals surface area contributed by atoms with Crippen molar-refractivity contribution in [1.82, 2.24) is 0 Å². The lowest BCUT2D eigenvalue weighted by atomic mass is 9.78. The van der Waals surface area contributed by atoms with Crippen molar-refractivity contribution in [1.29, 1.82) is 0 Å². The Bertz CT molecular complexity index is 785. The number of unbranched alkanes of at least 4 members (excludes halogenated alkanes) is 2. The Balaban J connectivity index is 2.14. The Kier molecular flexibility index (Phi) is 4.34. The lowest BCUT2D eigenvalue weighted by Crippen LogP contribution is -2.39. The average Bonchev–Trinajstić information content (AvgIpc) is 2.51. The Morgan fingerprint density at radius 1 is 1.16 bits per heavy atom. The van der Waals surface area contributed by atoms with Gasteiger partial charge in [0.1, 0.15) is 11.4 Å². The summed E-state index contributed by atoms with van der Waals surface area (Å²) in [6.45, 7) is 7.70. The molecule has 1 aliphatic carbocycles. The van der Waals surface area contributed by atoms with Gasteiger partial charge in [0.25, 0.3) is 0 Å². The molecule has 1 aromatic rings. The molecule has 134 valence electrons. The second kappa shape index (κ2) is 6.08. The molecule has 2 nitrogen and oxygen atoms in total. The van der Waals surface area contributed by atoms with Crippen molar-refractivity contribution in [2.24, 2.45) is 0 Å². The zero-order valence-electron chi connectivity index (χ0n) is 15.2. The van der Waals surface area contributed by atoms with Crippen LogP contribution in [0.4, 0.5) is 8.78 Å². The molecule has 1 aliphatic heterocycles. The van der Waals surface area contributed by atoms with E-state index >= 15 is 0 Å². The Labute approximate surface area is 147 Å². The smallest absolute Gasteiger partial charge is 0.331 e. The predicted molar refractivity (Wildman–Crippen MR) is 94.4 cm³/mol. The average molecular weight is 346 g/mol. The first kappa shape index (κ1) is 17.8. The van der Waals surface area contributed by atoms with E-state index in [0.717, 1.165) is 24.0 Å². The van der Waals surface area contributed by atoms with Gasteiger partial charge < -0.3 is 4.74 Å². The van der Waals surface area contributed by atoms with Gasteiger partial charge in [-0.05, 0) is 45.3 Å². The van der Waals surface area contributed by atoms with Gasteiger partial charge >= 0.3 is 5.92 Å². The molecule has 0 unspecified atom stereocenters. The Hall–Kier alpha value is -1.97. The molecule has 0 saturated heterocycles. The van der Waals surface area contributed by atoms with Crippen LogP contribution < -0.4 is 0 Å². The summed E-state index contributed by atoms with van der Waals surface area (Å²) in [4.78, 5) is 12.7. The Morgan fingerprint density at radius 3 is 2.56 bits per heavy atom. The van der Waals surface area contributed by atoms with Gasteiger partial charge in [-0.15, -0.1) is 0 Å². The van der Waals surface area contributed by atoms with Crippen molar-refractivity contribution >= 4 is 11.4 Å². The highest BCUT2D eigenvalue weighted by Gasteiger charge is 2.51. The molecule has 25 heavy (non-hydrogen) atoms. The molecule has 1 heterocycles. The summed E-state index contributed by atoms with van der Waals surface area (Å²) in [6, 6.07) is 5.58. The zero-order chi connectivity index (χ0) is 18.4. The van der Waals surface area contributed by atoms with Crippen molar-refractivity contribution in [3.8, 4) is 0 Å². The van der Waals surface area contributed by atoms with Gasteiger partial charge in [0.05, 0.1) is 5.57 Å². The van der Waals surface area contributed by atoms with Crippen molar-refractivity contribution in [3.63, 3.8) is 0 Å². The maximum Gasteiger partial charge on any atom is 0.331 e. The van der Waals surface area contributed by atoms with Crippen molar-refractivity contribution < 1.29 is 18.3 Å². The summed E-state index contributed by atoms with van der Waals surface area (Å²) in [6.07, 6.45) is 4.07. The van der Waals surface area contributed by atoms with Crippen LogP contribution in [-0.2, 0) is 15.1 Å². The fourth-order valence-corrected chi connectivity index (χ4v) is 3.59. The number of benzene rings is 1. The summed E-state index contributed by atoms with van der Waals surface area (Å²) >= 11 is 0. The van der Waals surface area contributed by atoms with E-state index < -0.39 is 17.3 Å². The van der Waals surface area contributed by atoms with Crippen LogP contribution in [0.15, 0.2) is 35.6 Å². The summed E-state index contributed by atoms with van der Waals surface area (Å²) in [5.74, 6) is -4.32. The minimum Gasteiger partial charge on any atom is -0.482 e. The molecule has 3 rings (SSSR count). The zero-order valence-corrected chi connectivity index (χ0v) is 15.2. The molecule has 0 amide bonds. The van der Waals surface area contributed by atoms with E-state index in [4.69, 9.17) is 4.74 Å². The molecule has 0 spiro atoms. The van der Waals surface area contributed by atoms with Crippen molar-refractivity contribution in [2.45, 2.75) is 64.9 Å². The minimum absolute atomic E-state index is 0.0160. The van der Waals surface area contributed by atoms with Crippen LogP contribution in [0.25, 0.3) is 5.57 Å². The second-order valence-electron chi connectivity index (χ2n) is 7.43. The predicted octanol–water partition coefficient (Wildman–Crippen LogP) is 5.70. The van der Waals surface area contributed by atoms with E-state index in [1.165, 1.54) is 6.08 Å². The van der Waals surface area contributed by atoms with Crippen LogP contribution in [0, 0.1) is 6.92 Å². The van der Waals surface area contributed by atoms with E-state index in [1.54, 1.807) is 6.07 Å². The minimum atomic E-state index is -3.46. The first-order chi connectivity index (χ1) is 11.7. The van der Waals surface area contributed by atoms with Gasteiger partial charge in [-0.3, -0.25) is 4.79 Å². The number of carbonyl (C=O) groups is 1. The highest BCUT2D eigenvalue weighted by Crippen LogP contribution is 2.48. The lowest BCUT2D eigenvalue weighted by Gasteiger charge is -2.38. The molecule has 0 saturated carbocycles. The number of Topliss-reactive ketones (excluding diaryl/α,β-unsaturated/α-hetero) is 1. The molecule has 0 aromatic heterocycles. The maximum atomic E-state index is 14.7. The summed E-state index contributed by atoms with van der Waals surface area (Å²) in [5.41, 5.74) is 1.49. The van der Waals surface area contributed by atoms with Gasteiger partial charge in [0.2, 0.25) is 5.78 Å². The molecule has 0 fully saturated rings. The number of aryl methyl sites for hydroxylation is 1. The first-order valence-corrected chi connectivity index (χ1v) is 8.87. The standard InChI is InChI=1S/C21H24F2O2/c1-5-6-7-8-14-12-17-18(19(24)21(14,22)23)15-11-13(2)9-10-16(15)20(3,4)25-17/h9-12H,5-8H2,1-4H3. The second-order valence-corrected chi connectivity index (χ2v) is 7.43. The number of ether oxygens (including phenoxy) is 1. The fourth-order valence-electron chi connectivity index (χ4n) is 3.59. The molecule has 2 aliphatic rings. The number of alkyl halides is 2. The van der Waals surface area contributed by atoms with Gasteiger partial charge in [0, 0.05) is 11.1 Å². The molecule has 0 bridgehead atoms. The van der Waals surface area contributed by atoms with Gasteiger partial charge in [-0.2, -0.15) is 8.78 Å². The molecule has 1 aromatic carbocycles. The van der Waals surface area contributed by atoms with E-state index in [9.17, 15) is 13.6 Å². The van der Waals surface area contributed by atoms with Crippen molar-refractivity contribution in [3.05, 3.63) is 52.3 Å². The summed E-state index contributed by atoms with van der Waals surface area (Å²) in [5, 5.41) is 0. The number of hydrogen-bond donors (Lipinski definition) is 0. The maximum absolute atomic E-state index is 14.7. The van der Waals surface area contributed by atoms with Crippen LogP contribution >= 0.6 is 0 Å². The summed E-state index contributed by atoms with van der Waals surface area (Å²) in [7, 11) is 0. The fraction of sp³-hybridized carbons (Fsp3) is 0.476. The van der Waals surface area contributed by atoms with Crippen LogP contribution in [0.1, 0.15) is 63.1 Å². The summed E-state index contributed by atoms with van der Waals surface area (Å²) < 4.78 is 35.5. The quantitative estimate of drug-likeness (QED) is 0.654. The third-order valence-electron chi connectivity index (χ3n) is 4.98. The first-order valence-electron chi connectivity index (χ1n) is 8.87. The number of ketones is 1. The van der Waals surface area contributed by atoms with Crippen LogP contribution in [0.2, 0.25) is 0 Å². The van der Waals surface area contributed by atoms with E-state index in [1.807, 2.05) is 39.8 Å². The molecule has 4 heteroatoms. The molecule has 0 N–H and O–H groups in total.